The summed E-state index contributed by atoms with van der Waals surface area (Å²) in [5, 5.41) is 0. The van der Waals surface area contributed by atoms with Gasteiger partial charge in [0.25, 0.3) is 10.0 Å². The third-order valence-corrected chi connectivity index (χ3v) is 4.72. The van der Waals surface area contributed by atoms with Crippen molar-refractivity contribution < 1.29 is 27.1 Å². The van der Waals surface area contributed by atoms with Crippen molar-refractivity contribution in [2.45, 2.75) is 18.7 Å². The molecule has 0 aromatic heterocycles. The average Bonchev–Trinajstić information content (AvgIpc) is 2.56. The van der Waals surface area contributed by atoms with Gasteiger partial charge in [-0.15, -0.1) is 0 Å². The second-order valence-electron chi connectivity index (χ2n) is 5.17. The van der Waals surface area contributed by atoms with Crippen LogP contribution in [0.2, 0.25) is 0 Å². The molecule has 6 nitrogen and oxygen atoms in total. The fourth-order valence-electron chi connectivity index (χ4n) is 2.13. The van der Waals surface area contributed by atoms with E-state index in [4.69, 9.17) is 9.47 Å². The zero-order chi connectivity index (χ0) is 18.6. The second kappa shape index (κ2) is 7.52. The van der Waals surface area contributed by atoms with Gasteiger partial charge in [-0.25, -0.2) is 17.6 Å². The zero-order valence-electron chi connectivity index (χ0n) is 14.0. The molecule has 0 heterocycles. The van der Waals surface area contributed by atoms with Crippen LogP contribution in [0.5, 0.6) is 5.75 Å². The molecular weight excluding hydrogens is 349 g/mol. The van der Waals surface area contributed by atoms with Crippen molar-refractivity contribution in [3.05, 3.63) is 53.3 Å². The molecule has 2 rings (SSSR count). The molecule has 0 bridgehead atoms. The van der Waals surface area contributed by atoms with E-state index in [0.717, 1.165) is 6.07 Å². The van der Waals surface area contributed by atoms with Gasteiger partial charge in [-0.2, -0.15) is 0 Å². The summed E-state index contributed by atoms with van der Waals surface area (Å²) in [4.78, 5) is 11.5. The third kappa shape index (κ3) is 4.27. The molecule has 0 aliphatic rings. The van der Waals surface area contributed by atoms with Crippen molar-refractivity contribution in [1.29, 1.82) is 0 Å². The van der Waals surface area contributed by atoms with Crippen LogP contribution >= 0.6 is 0 Å². The first-order valence-electron chi connectivity index (χ1n) is 7.42. The largest absolute Gasteiger partial charge is 0.495 e. The Morgan fingerprint density at radius 2 is 1.92 bits per heavy atom. The van der Waals surface area contributed by atoms with Crippen molar-refractivity contribution in [3.63, 3.8) is 0 Å². The Morgan fingerprint density at radius 1 is 1.20 bits per heavy atom. The highest BCUT2D eigenvalue weighted by Crippen LogP contribution is 2.28. The highest BCUT2D eigenvalue weighted by Gasteiger charge is 2.22. The predicted molar refractivity (Wildman–Crippen MR) is 90.9 cm³/mol. The molecule has 25 heavy (non-hydrogen) atoms. The number of nitrogens with one attached hydrogen (secondary N) is 1. The monoisotopic (exact) mass is 367 g/mol. The molecule has 0 atom stereocenters. The second-order valence-corrected chi connectivity index (χ2v) is 6.83. The molecule has 0 fully saturated rings. The summed E-state index contributed by atoms with van der Waals surface area (Å²) in [5.41, 5.74) is 0.423. The van der Waals surface area contributed by atoms with Gasteiger partial charge in [0.2, 0.25) is 0 Å². The van der Waals surface area contributed by atoms with Crippen molar-refractivity contribution in [1.82, 2.24) is 0 Å². The van der Waals surface area contributed by atoms with Gasteiger partial charge in [0.15, 0.2) is 0 Å². The summed E-state index contributed by atoms with van der Waals surface area (Å²) >= 11 is 0. The maximum atomic E-state index is 14.2. The quantitative estimate of drug-likeness (QED) is 0.794. The molecular formula is C17H18FNO5S. The minimum absolute atomic E-state index is 0.00423. The van der Waals surface area contributed by atoms with Crippen LogP contribution in [0.25, 0.3) is 0 Å². The number of anilines is 1. The minimum atomic E-state index is -4.08. The molecule has 2 aromatic rings. The predicted octanol–water partition coefficient (Wildman–Crippen LogP) is 3.12. The normalized spacial score (nSPS) is 11.0. The van der Waals surface area contributed by atoms with Crippen LogP contribution in [0, 0.1) is 12.7 Å². The molecule has 0 unspecified atom stereocenters. The molecule has 0 aliphatic carbocycles. The van der Waals surface area contributed by atoms with Crippen LogP contribution < -0.4 is 9.46 Å². The molecule has 0 saturated carbocycles. The van der Waals surface area contributed by atoms with Crippen LogP contribution in [0.1, 0.15) is 22.8 Å². The van der Waals surface area contributed by atoms with Crippen molar-refractivity contribution in [3.8, 4) is 5.75 Å². The number of rotatable bonds is 6. The molecule has 134 valence electrons. The fourth-order valence-corrected chi connectivity index (χ4v) is 3.46. The van der Waals surface area contributed by atoms with E-state index in [-0.39, 0.29) is 28.5 Å². The lowest BCUT2D eigenvalue weighted by Crippen LogP contribution is -2.15. The summed E-state index contributed by atoms with van der Waals surface area (Å²) in [5.74, 6) is -1.43. The maximum Gasteiger partial charge on any atom is 0.338 e. The van der Waals surface area contributed by atoms with Crippen molar-refractivity contribution >= 4 is 21.7 Å². The first kappa shape index (κ1) is 18.7. The minimum Gasteiger partial charge on any atom is -0.495 e. The number of halogens is 1. The van der Waals surface area contributed by atoms with Gasteiger partial charge in [0.1, 0.15) is 16.5 Å². The highest BCUT2D eigenvalue weighted by atomic mass is 32.2. The smallest absolute Gasteiger partial charge is 0.338 e. The number of esters is 1. The SMILES string of the molecule is CCOC(=O)c1ccc(NS(=O)(=O)c2cc(C)ccc2OC)c(F)c1. The lowest BCUT2D eigenvalue weighted by Gasteiger charge is -2.13. The summed E-state index contributed by atoms with van der Waals surface area (Å²) in [6, 6.07) is 8.01. The van der Waals surface area contributed by atoms with Gasteiger partial charge in [0.05, 0.1) is 25.0 Å². The number of ether oxygens (including phenoxy) is 2. The number of benzene rings is 2. The number of carbonyl (C=O) groups is 1. The Bertz CT molecular complexity index is 896. The highest BCUT2D eigenvalue weighted by molar-refractivity contribution is 7.92. The van der Waals surface area contributed by atoms with E-state index in [1.54, 1.807) is 19.9 Å². The topological polar surface area (TPSA) is 81.7 Å². The number of aryl methyl sites for hydroxylation is 1. The first-order valence-corrected chi connectivity index (χ1v) is 8.91. The summed E-state index contributed by atoms with van der Waals surface area (Å²) in [6.07, 6.45) is 0. The van der Waals surface area contributed by atoms with E-state index >= 15 is 0 Å². The molecule has 0 radical (unpaired) electrons. The van der Waals surface area contributed by atoms with Crippen LogP contribution in [0.4, 0.5) is 10.1 Å². The van der Waals surface area contributed by atoms with E-state index in [1.807, 2.05) is 0 Å². The van der Waals surface area contributed by atoms with Gasteiger partial charge in [-0.1, -0.05) is 6.07 Å². The van der Waals surface area contributed by atoms with Gasteiger partial charge in [-0.05, 0) is 49.7 Å². The number of hydrogen-bond donors (Lipinski definition) is 1. The number of sulfonamides is 1. The fraction of sp³-hybridized carbons (Fsp3) is 0.235. The zero-order valence-corrected chi connectivity index (χ0v) is 14.8. The average molecular weight is 367 g/mol. The van der Waals surface area contributed by atoms with Gasteiger partial charge in [0, 0.05) is 0 Å². The molecule has 1 N–H and O–H groups in total. The van der Waals surface area contributed by atoms with Crippen LogP contribution in [-0.4, -0.2) is 28.1 Å². The Balaban J connectivity index is 2.36. The third-order valence-electron chi connectivity index (χ3n) is 3.33. The maximum absolute atomic E-state index is 14.2. The van der Waals surface area contributed by atoms with Crippen molar-refractivity contribution in [2.24, 2.45) is 0 Å². The Labute approximate surface area is 145 Å². The summed E-state index contributed by atoms with van der Waals surface area (Å²) in [6.45, 7) is 3.52. The van der Waals surface area contributed by atoms with E-state index in [1.165, 1.54) is 31.4 Å². The van der Waals surface area contributed by atoms with E-state index in [9.17, 15) is 17.6 Å². The van der Waals surface area contributed by atoms with E-state index < -0.39 is 21.8 Å². The molecule has 0 spiro atoms. The van der Waals surface area contributed by atoms with Crippen LogP contribution in [0.3, 0.4) is 0 Å². The van der Waals surface area contributed by atoms with Gasteiger partial charge in [-0.3, -0.25) is 4.72 Å². The Kier molecular flexibility index (Phi) is 5.63. The number of hydrogen-bond acceptors (Lipinski definition) is 5. The Hall–Kier alpha value is -2.61. The standard InChI is InChI=1S/C17H18FNO5S/c1-4-24-17(20)12-6-7-14(13(18)10-12)19-25(21,22)16-9-11(2)5-8-15(16)23-3/h5-10,19H,4H2,1-3H3. The lowest BCUT2D eigenvalue weighted by atomic mass is 10.2. The first-order chi connectivity index (χ1) is 11.8. The Morgan fingerprint density at radius 3 is 2.52 bits per heavy atom. The molecule has 0 aliphatic heterocycles. The molecule has 8 heteroatoms. The molecule has 0 saturated heterocycles. The molecule has 2 aromatic carbocycles. The molecule has 0 amide bonds. The number of methoxy groups -OCH3 is 1. The van der Waals surface area contributed by atoms with Gasteiger partial charge < -0.3 is 9.47 Å². The summed E-state index contributed by atoms with van der Waals surface area (Å²) < 4.78 is 51.3. The number of carbonyl (C=O) groups excluding carboxylic acids is 1. The van der Waals surface area contributed by atoms with Crippen molar-refractivity contribution in [2.75, 3.05) is 18.4 Å². The summed E-state index contributed by atoms with van der Waals surface area (Å²) in [7, 11) is -2.73. The van der Waals surface area contributed by atoms with Gasteiger partial charge >= 0.3 is 5.97 Å². The van der Waals surface area contributed by atoms with Crippen LogP contribution in [-0.2, 0) is 14.8 Å². The van der Waals surface area contributed by atoms with E-state index in [2.05, 4.69) is 4.72 Å². The van der Waals surface area contributed by atoms with E-state index in [0.29, 0.717) is 5.56 Å². The lowest BCUT2D eigenvalue weighted by molar-refractivity contribution is 0.0526. The van der Waals surface area contributed by atoms with Crippen LogP contribution in [0.15, 0.2) is 41.3 Å².